The Morgan fingerprint density at radius 1 is 1.21 bits per heavy atom. The van der Waals surface area contributed by atoms with Gasteiger partial charge < -0.3 is 15.0 Å². The van der Waals surface area contributed by atoms with Crippen LogP contribution in [0.2, 0.25) is 0 Å². The van der Waals surface area contributed by atoms with Gasteiger partial charge in [-0.1, -0.05) is 30.3 Å². The summed E-state index contributed by atoms with van der Waals surface area (Å²) < 4.78 is 0. The fraction of sp³-hybridized carbons (Fsp3) is 0.368. The Labute approximate surface area is 142 Å². The number of Topliss-reactive ketones (excluding diaryl/α,β-unsaturated/α-hetero) is 1. The van der Waals surface area contributed by atoms with Crippen LogP contribution >= 0.6 is 0 Å². The molecule has 1 unspecified atom stereocenters. The van der Waals surface area contributed by atoms with Crippen molar-refractivity contribution < 1.29 is 14.7 Å². The van der Waals surface area contributed by atoms with Crippen molar-refractivity contribution in [3.8, 4) is 0 Å². The molecule has 1 amide bonds. The highest BCUT2D eigenvalue weighted by atomic mass is 16.3. The first-order valence-electron chi connectivity index (χ1n) is 8.01. The van der Waals surface area contributed by atoms with Gasteiger partial charge in [-0.3, -0.25) is 9.59 Å². The van der Waals surface area contributed by atoms with Gasteiger partial charge >= 0.3 is 0 Å². The molecule has 0 bridgehead atoms. The lowest BCUT2D eigenvalue weighted by molar-refractivity contribution is 0.0760. The average Bonchev–Trinajstić information content (AvgIpc) is 2.87. The first kappa shape index (κ1) is 17.9. The number of aliphatic hydroxyl groups is 1. The van der Waals surface area contributed by atoms with Crippen molar-refractivity contribution in [3.63, 3.8) is 0 Å². The predicted molar refractivity (Wildman–Crippen MR) is 93.3 cm³/mol. The monoisotopic (exact) mass is 328 g/mol. The first-order chi connectivity index (χ1) is 11.3. The van der Waals surface area contributed by atoms with E-state index >= 15 is 0 Å². The number of benzene rings is 1. The quantitative estimate of drug-likeness (QED) is 0.801. The number of hydrogen-bond donors (Lipinski definition) is 2. The van der Waals surface area contributed by atoms with Crippen LogP contribution in [0.3, 0.4) is 0 Å². The van der Waals surface area contributed by atoms with Gasteiger partial charge in [0.05, 0.1) is 17.4 Å². The number of ketones is 1. The smallest absolute Gasteiger partial charge is 0.255 e. The van der Waals surface area contributed by atoms with Crippen LogP contribution in [0, 0.1) is 13.8 Å². The second kappa shape index (κ2) is 7.45. The van der Waals surface area contributed by atoms with E-state index in [-0.39, 0.29) is 11.7 Å². The van der Waals surface area contributed by atoms with E-state index in [0.717, 1.165) is 5.56 Å². The van der Waals surface area contributed by atoms with E-state index in [1.807, 2.05) is 30.3 Å². The molecule has 0 saturated carbocycles. The van der Waals surface area contributed by atoms with E-state index in [4.69, 9.17) is 0 Å². The van der Waals surface area contributed by atoms with E-state index in [1.165, 1.54) is 6.92 Å². The molecule has 1 aromatic carbocycles. The second-order valence-corrected chi connectivity index (χ2v) is 6.12. The highest BCUT2D eigenvalue weighted by Crippen LogP contribution is 2.21. The van der Waals surface area contributed by atoms with E-state index in [9.17, 15) is 14.7 Å². The number of rotatable bonds is 6. The molecule has 0 spiro atoms. The fourth-order valence-corrected chi connectivity index (χ4v) is 2.87. The summed E-state index contributed by atoms with van der Waals surface area (Å²) in [7, 11) is 1.71. The number of H-pyrrole nitrogens is 1. The number of aromatic nitrogens is 1. The van der Waals surface area contributed by atoms with Gasteiger partial charge in [-0.25, -0.2) is 0 Å². The van der Waals surface area contributed by atoms with Crippen LogP contribution < -0.4 is 0 Å². The standard InChI is InChI=1S/C19H24N2O3/c1-12-17(13(2)20-18(12)14(3)22)19(24)21(4)11-10-16(23)15-8-6-5-7-9-15/h5-9,16,20,23H,10-11H2,1-4H3. The van der Waals surface area contributed by atoms with Crippen molar-refractivity contribution in [1.82, 2.24) is 9.88 Å². The number of carbonyl (C=O) groups is 2. The summed E-state index contributed by atoms with van der Waals surface area (Å²) in [4.78, 5) is 28.9. The molecule has 2 N–H and O–H groups in total. The van der Waals surface area contributed by atoms with Crippen molar-refractivity contribution in [2.45, 2.75) is 33.3 Å². The van der Waals surface area contributed by atoms with Gasteiger partial charge in [-0.2, -0.15) is 0 Å². The number of aliphatic hydroxyl groups excluding tert-OH is 1. The molecule has 1 atom stereocenters. The number of aryl methyl sites for hydroxylation is 1. The van der Waals surface area contributed by atoms with Gasteiger partial charge in [0, 0.05) is 26.2 Å². The minimum Gasteiger partial charge on any atom is -0.388 e. The van der Waals surface area contributed by atoms with Crippen LogP contribution in [0.1, 0.15) is 57.1 Å². The lowest BCUT2D eigenvalue weighted by Gasteiger charge is -2.20. The summed E-state index contributed by atoms with van der Waals surface area (Å²) in [6.07, 6.45) is -0.156. The number of amides is 1. The van der Waals surface area contributed by atoms with Gasteiger partial charge in [-0.15, -0.1) is 0 Å². The lowest BCUT2D eigenvalue weighted by Crippen LogP contribution is -2.29. The molecule has 1 aromatic heterocycles. The summed E-state index contributed by atoms with van der Waals surface area (Å²) >= 11 is 0. The van der Waals surface area contributed by atoms with Gasteiger partial charge in [0.1, 0.15) is 0 Å². The maximum Gasteiger partial charge on any atom is 0.255 e. The third kappa shape index (κ3) is 3.74. The van der Waals surface area contributed by atoms with E-state index in [0.29, 0.717) is 35.5 Å². The average molecular weight is 328 g/mol. The van der Waals surface area contributed by atoms with Gasteiger partial charge in [0.15, 0.2) is 5.78 Å². The van der Waals surface area contributed by atoms with Crippen molar-refractivity contribution in [3.05, 3.63) is 58.4 Å². The van der Waals surface area contributed by atoms with Crippen molar-refractivity contribution in [2.24, 2.45) is 0 Å². The molecule has 5 heteroatoms. The molecular weight excluding hydrogens is 304 g/mol. The minimum atomic E-state index is -0.609. The predicted octanol–water partition coefficient (Wildman–Crippen LogP) is 3.03. The van der Waals surface area contributed by atoms with Gasteiger partial charge in [-0.05, 0) is 31.4 Å². The molecule has 0 aliphatic carbocycles. The highest BCUT2D eigenvalue weighted by Gasteiger charge is 2.23. The molecule has 128 valence electrons. The zero-order chi connectivity index (χ0) is 17.9. The summed E-state index contributed by atoms with van der Waals surface area (Å²) in [5.74, 6) is -0.231. The molecule has 0 aliphatic heterocycles. The van der Waals surface area contributed by atoms with Crippen molar-refractivity contribution >= 4 is 11.7 Å². The number of aromatic amines is 1. The first-order valence-corrected chi connectivity index (χ1v) is 8.01. The zero-order valence-electron chi connectivity index (χ0n) is 14.6. The van der Waals surface area contributed by atoms with Crippen LogP contribution in [0.5, 0.6) is 0 Å². The SMILES string of the molecule is CC(=O)c1[nH]c(C)c(C(=O)N(C)CCC(O)c2ccccc2)c1C. The minimum absolute atomic E-state index is 0.0863. The van der Waals surface area contributed by atoms with Crippen molar-refractivity contribution in [1.29, 1.82) is 0 Å². The fourth-order valence-electron chi connectivity index (χ4n) is 2.87. The molecule has 0 saturated heterocycles. The van der Waals surface area contributed by atoms with Gasteiger partial charge in [0.25, 0.3) is 5.91 Å². The molecule has 1 heterocycles. The normalized spacial score (nSPS) is 12.0. The van der Waals surface area contributed by atoms with E-state index in [1.54, 1.807) is 25.8 Å². The van der Waals surface area contributed by atoms with E-state index < -0.39 is 6.10 Å². The number of nitrogens with zero attached hydrogens (tertiary/aromatic N) is 1. The lowest BCUT2D eigenvalue weighted by atomic mass is 10.1. The van der Waals surface area contributed by atoms with E-state index in [2.05, 4.69) is 4.98 Å². The van der Waals surface area contributed by atoms with Crippen molar-refractivity contribution in [2.75, 3.05) is 13.6 Å². The van der Waals surface area contributed by atoms with Crippen LogP contribution in [0.25, 0.3) is 0 Å². The Morgan fingerprint density at radius 2 is 1.83 bits per heavy atom. The Balaban J connectivity index is 2.06. The largest absolute Gasteiger partial charge is 0.388 e. The van der Waals surface area contributed by atoms with Crippen LogP contribution in [-0.2, 0) is 0 Å². The third-order valence-electron chi connectivity index (χ3n) is 4.27. The maximum absolute atomic E-state index is 12.7. The zero-order valence-corrected chi connectivity index (χ0v) is 14.6. The third-order valence-corrected chi connectivity index (χ3v) is 4.27. The highest BCUT2D eigenvalue weighted by molar-refractivity contribution is 6.02. The topological polar surface area (TPSA) is 73.4 Å². The molecule has 2 aromatic rings. The molecule has 2 rings (SSSR count). The molecule has 24 heavy (non-hydrogen) atoms. The molecule has 0 radical (unpaired) electrons. The van der Waals surface area contributed by atoms with Crippen LogP contribution in [0.4, 0.5) is 0 Å². The Morgan fingerprint density at radius 3 is 2.38 bits per heavy atom. The number of hydrogen-bond acceptors (Lipinski definition) is 3. The van der Waals surface area contributed by atoms with Crippen LogP contribution in [-0.4, -0.2) is 40.3 Å². The van der Waals surface area contributed by atoms with Gasteiger partial charge in [0.2, 0.25) is 0 Å². The number of nitrogens with one attached hydrogen (secondary N) is 1. The Bertz CT molecular complexity index is 735. The molecule has 0 aliphatic rings. The maximum atomic E-state index is 12.7. The molecular formula is C19H24N2O3. The molecule has 0 fully saturated rings. The number of carbonyl (C=O) groups excluding carboxylic acids is 2. The second-order valence-electron chi connectivity index (χ2n) is 6.12. The Hall–Kier alpha value is -2.40. The summed E-state index contributed by atoms with van der Waals surface area (Å²) in [6.45, 7) is 5.47. The summed E-state index contributed by atoms with van der Waals surface area (Å²) in [6, 6.07) is 9.39. The summed E-state index contributed by atoms with van der Waals surface area (Å²) in [5, 5.41) is 10.2. The molecule has 5 nitrogen and oxygen atoms in total. The Kier molecular flexibility index (Phi) is 5.57. The summed E-state index contributed by atoms with van der Waals surface area (Å²) in [5.41, 5.74) is 3.23. The van der Waals surface area contributed by atoms with Crippen LogP contribution in [0.15, 0.2) is 30.3 Å².